The van der Waals surface area contributed by atoms with E-state index in [1.807, 2.05) is 6.26 Å². The quantitative estimate of drug-likeness (QED) is 0.200. The molecule has 1 aliphatic heterocycles. The number of fused-ring (bicyclic) bond motifs is 1. The lowest BCUT2D eigenvalue weighted by atomic mass is 10.1. The predicted molar refractivity (Wildman–Crippen MR) is 143 cm³/mol. The highest BCUT2D eigenvalue weighted by Gasteiger charge is 2.45. The fourth-order valence-corrected chi connectivity index (χ4v) is 4.84. The van der Waals surface area contributed by atoms with Crippen molar-refractivity contribution in [2.24, 2.45) is 5.73 Å². The summed E-state index contributed by atoms with van der Waals surface area (Å²) in [6, 6.07) is -1.02. The second kappa shape index (κ2) is 14.9. The summed E-state index contributed by atoms with van der Waals surface area (Å²) in [5.41, 5.74) is 11.9. The van der Waals surface area contributed by atoms with Crippen molar-refractivity contribution in [3.63, 3.8) is 0 Å². The van der Waals surface area contributed by atoms with Crippen LogP contribution in [0.15, 0.2) is 12.7 Å². The van der Waals surface area contributed by atoms with E-state index in [0.29, 0.717) is 5.75 Å². The van der Waals surface area contributed by atoms with Crippen LogP contribution in [-0.4, -0.2) is 112 Å². The number of ether oxygens (including phenoxy) is 1. The van der Waals surface area contributed by atoms with Crippen molar-refractivity contribution in [2.75, 3.05) is 44.0 Å². The molecule has 0 saturated carbocycles. The molecule has 2 aromatic heterocycles. The van der Waals surface area contributed by atoms with Gasteiger partial charge in [0.15, 0.2) is 17.7 Å². The third-order valence-corrected chi connectivity index (χ3v) is 7.46. The minimum Gasteiger partial charge on any atom is -0.387 e. The van der Waals surface area contributed by atoms with E-state index >= 15 is 0 Å². The Bertz CT molecular complexity index is 1130. The van der Waals surface area contributed by atoms with Crippen LogP contribution in [0.25, 0.3) is 11.2 Å². The Morgan fingerprint density at radius 1 is 1.24 bits per heavy atom. The SMILES string of the molecule is CCN(CC)CC.CSCC[C@H](N)C(=O)NS(=O)(=O)OC[C@H]1O[C@@H](n2cnc3c(N)ncnc32)[C@@H](O)C1O. The molecule has 15 nitrogen and oxygen atoms in total. The van der Waals surface area contributed by atoms with Crippen molar-refractivity contribution < 1.29 is 32.3 Å². The van der Waals surface area contributed by atoms with Crippen LogP contribution in [0.1, 0.15) is 33.4 Å². The van der Waals surface area contributed by atoms with E-state index in [1.165, 1.54) is 48.6 Å². The lowest BCUT2D eigenvalue weighted by molar-refractivity contribution is -0.120. The Morgan fingerprint density at radius 2 is 1.89 bits per heavy atom. The molecule has 3 heterocycles. The third kappa shape index (κ3) is 8.44. The molecule has 38 heavy (non-hydrogen) atoms. The third-order valence-electron chi connectivity index (χ3n) is 5.92. The second-order valence-corrected chi connectivity index (χ2v) is 10.7. The van der Waals surface area contributed by atoms with Crippen molar-refractivity contribution in [3.8, 4) is 0 Å². The lowest BCUT2D eigenvalue weighted by Crippen LogP contribution is -2.45. The van der Waals surface area contributed by atoms with Crippen LogP contribution in [0.3, 0.4) is 0 Å². The molecule has 17 heteroatoms. The van der Waals surface area contributed by atoms with E-state index in [4.69, 9.17) is 20.4 Å². The smallest absolute Gasteiger partial charge is 0.362 e. The van der Waals surface area contributed by atoms with Gasteiger partial charge in [0.25, 0.3) is 5.91 Å². The number of aromatic nitrogens is 4. The fraction of sp³-hybridized carbons (Fsp3) is 0.714. The van der Waals surface area contributed by atoms with E-state index in [2.05, 4.69) is 40.6 Å². The maximum Gasteiger partial charge on any atom is 0.362 e. The summed E-state index contributed by atoms with van der Waals surface area (Å²) in [4.78, 5) is 26.2. The number of carbonyl (C=O) groups is 1. The number of carbonyl (C=O) groups excluding carboxylic acids is 1. The van der Waals surface area contributed by atoms with Gasteiger partial charge in [-0.25, -0.2) is 19.7 Å². The van der Waals surface area contributed by atoms with Crippen molar-refractivity contribution in [1.29, 1.82) is 0 Å². The summed E-state index contributed by atoms with van der Waals surface area (Å²) in [6.07, 6.45) is -0.689. The van der Waals surface area contributed by atoms with Gasteiger partial charge in [0.05, 0.1) is 19.0 Å². The summed E-state index contributed by atoms with van der Waals surface area (Å²) in [6.45, 7) is 9.46. The molecule has 0 aliphatic carbocycles. The highest BCUT2D eigenvalue weighted by Crippen LogP contribution is 2.32. The maximum atomic E-state index is 12.0. The molecule has 0 spiro atoms. The molecule has 1 unspecified atom stereocenters. The van der Waals surface area contributed by atoms with Crippen molar-refractivity contribution in [1.82, 2.24) is 29.1 Å². The Balaban J connectivity index is 0.000000638. The Morgan fingerprint density at radius 3 is 2.47 bits per heavy atom. The number of hydrogen-bond acceptors (Lipinski definition) is 14. The molecule has 0 bridgehead atoms. The standard InChI is InChI=1S/C15H23N7O7S2.C6H15N/c1-30-3-2-7(16)14(25)21-31(26,27)28-4-8-10(23)11(24)15(29-8)22-6-20-9-12(17)18-5-19-13(9)22;1-4-7(5-2)6-3/h5-8,10-11,15,23-24H,2-4,16H2,1H3,(H,21,25)(H2,17,18,19);4-6H2,1-3H3/t7-,8+,10?,11-,15+;/m0./s1. The number of rotatable bonds is 12. The van der Waals surface area contributed by atoms with Crippen LogP contribution in [-0.2, 0) is 24.0 Å². The van der Waals surface area contributed by atoms with Crippen LogP contribution in [0.2, 0.25) is 0 Å². The number of nitrogen functional groups attached to an aromatic ring is 1. The topological polar surface area (TPSA) is 221 Å². The summed E-state index contributed by atoms with van der Waals surface area (Å²) in [5, 5.41) is 20.6. The summed E-state index contributed by atoms with van der Waals surface area (Å²) < 4.78 is 37.4. The highest BCUT2D eigenvalue weighted by molar-refractivity contribution is 7.98. The van der Waals surface area contributed by atoms with E-state index < -0.39 is 53.4 Å². The van der Waals surface area contributed by atoms with Crippen LogP contribution >= 0.6 is 11.8 Å². The number of nitrogens with one attached hydrogen (secondary N) is 1. The first kappa shape index (κ1) is 32.1. The minimum absolute atomic E-state index is 0.120. The van der Waals surface area contributed by atoms with Gasteiger partial charge in [0.1, 0.15) is 30.2 Å². The lowest BCUT2D eigenvalue weighted by Gasteiger charge is -2.16. The van der Waals surface area contributed by atoms with Crippen LogP contribution in [0.4, 0.5) is 5.82 Å². The molecule has 1 fully saturated rings. The number of thioether (sulfide) groups is 1. The highest BCUT2D eigenvalue weighted by atomic mass is 32.2. The molecule has 5 atom stereocenters. The number of aliphatic hydroxyl groups excluding tert-OH is 2. The Hall–Kier alpha value is -2.12. The molecular formula is C21H38N8O7S2. The number of nitrogens with two attached hydrogens (primary N) is 2. The molecule has 3 rings (SSSR count). The van der Waals surface area contributed by atoms with Gasteiger partial charge in [-0.2, -0.15) is 20.2 Å². The van der Waals surface area contributed by atoms with Crippen molar-refractivity contribution >= 4 is 45.0 Å². The van der Waals surface area contributed by atoms with E-state index in [-0.39, 0.29) is 23.4 Å². The molecule has 2 aromatic rings. The van der Waals surface area contributed by atoms with Crippen LogP contribution < -0.4 is 16.2 Å². The van der Waals surface area contributed by atoms with E-state index in [1.54, 1.807) is 4.72 Å². The average Bonchev–Trinajstić information content (AvgIpc) is 3.44. The van der Waals surface area contributed by atoms with Gasteiger partial charge in [-0.15, -0.1) is 0 Å². The van der Waals surface area contributed by atoms with Crippen LogP contribution in [0, 0.1) is 0 Å². The largest absolute Gasteiger partial charge is 0.387 e. The Labute approximate surface area is 226 Å². The minimum atomic E-state index is -4.51. The molecule has 1 aliphatic rings. The predicted octanol–water partition coefficient (Wildman–Crippen LogP) is -1.17. The summed E-state index contributed by atoms with van der Waals surface area (Å²) in [5.74, 6) is -0.215. The normalized spacial score (nSPS) is 22.3. The zero-order valence-corrected chi connectivity index (χ0v) is 23.6. The zero-order valence-electron chi connectivity index (χ0n) is 21.9. The van der Waals surface area contributed by atoms with Gasteiger partial charge in [0, 0.05) is 0 Å². The number of nitrogens with zero attached hydrogens (tertiary/aromatic N) is 5. The summed E-state index contributed by atoms with van der Waals surface area (Å²) >= 11 is 1.46. The monoisotopic (exact) mass is 578 g/mol. The van der Waals surface area contributed by atoms with Crippen molar-refractivity contribution in [3.05, 3.63) is 12.7 Å². The van der Waals surface area contributed by atoms with Crippen molar-refractivity contribution in [2.45, 2.75) is 57.8 Å². The number of anilines is 1. The number of imidazole rings is 1. The van der Waals surface area contributed by atoms with Crippen LogP contribution in [0.5, 0.6) is 0 Å². The molecule has 1 saturated heterocycles. The van der Waals surface area contributed by atoms with Gasteiger partial charge in [-0.1, -0.05) is 20.8 Å². The molecule has 7 N–H and O–H groups in total. The first-order valence-corrected chi connectivity index (χ1v) is 14.9. The van der Waals surface area contributed by atoms with Gasteiger partial charge >= 0.3 is 10.3 Å². The van der Waals surface area contributed by atoms with Gasteiger partial charge in [-0.3, -0.25) is 13.5 Å². The first-order chi connectivity index (χ1) is 18.0. The maximum absolute atomic E-state index is 12.0. The summed E-state index contributed by atoms with van der Waals surface area (Å²) in [7, 11) is -4.51. The molecule has 0 radical (unpaired) electrons. The molecule has 1 amide bonds. The fourth-order valence-electron chi connectivity index (χ4n) is 3.58. The number of aliphatic hydroxyl groups is 2. The van der Waals surface area contributed by atoms with Gasteiger partial charge in [0.2, 0.25) is 0 Å². The van der Waals surface area contributed by atoms with E-state index in [0.717, 1.165) is 0 Å². The molecular weight excluding hydrogens is 540 g/mol. The Kier molecular flexibility index (Phi) is 12.6. The second-order valence-electron chi connectivity index (χ2n) is 8.34. The van der Waals surface area contributed by atoms with Gasteiger partial charge < -0.3 is 31.3 Å². The number of hydrogen-bond donors (Lipinski definition) is 5. The first-order valence-electron chi connectivity index (χ1n) is 12.1. The molecule has 216 valence electrons. The molecule has 0 aromatic carbocycles. The number of amides is 1. The zero-order chi connectivity index (χ0) is 28.5. The average molecular weight is 579 g/mol. The van der Waals surface area contributed by atoms with Gasteiger partial charge in [-0.05, 0) is 38.1 Å². The van der Waals surface area contributed by atoms with E-state index in [9.17, 15) is 23.4 Å².